The van der Waals surface area contributed by atoms with E-state index in [0.717, 1.165) is 0 Å². The van der Waals surface area contributed by atoms with Crippen molar-refractivity contribution < 1.29 is 15.0 Å². The highest BCUT2D eigenvalue weighted by Gasteiger charge is 2.30. The van der Waals surface area contributed by atoms with E-state index in [1.54, 1.807) is 24.3 Å². The second kappa shape index (κ2) is 3.77. The second-order valence-electron chi connectivity index (χ2n) is 3.37. The van der Waals surface area contributed by atoms with E-state index in [-0.39, 0.29) is 6.61 Å². The summed E-state index contributed by atoms with van der Waals surface area (Å²) in [5, 5.41) is 17.7. The number of carboxylic acid groups (broad SMARTS) is 1. The maximum atomic E-state index is 10.8. The van der Waals surface area contributed by atoms with E-state index in [9.17, 15) is 4.79 Å². The smallest absolute Gasteiger partial charge is 0.328 e. The van der Waals surface area contributed by atoms with Gasteiger partial charge in [-0.1, -0.05) is 24.3 Å². The molecule has 0 radical (unpaired) electrons. The number of hydrogen-bond donors (Lipinski definition) is 3. The number of benzene rings is 1. The van der Waals surface area contributed by atoms with Crippen LogP contribution in [0.5, 0.6) is 0 Å². The van der Waals surface area contributed by atoms with Gasteiger partial charge in [0, 0.05) is 0 Å². The fourth-order valence-electron chi connectivity index (χ4n) is 1.12. The van der Waals surface area contributed by atoms with E-state index in [1.807, 2.05) is 0 Å². The molecule has 0 aliphatic carbocycles. The van der Waals surface area contributed by atoms with Crippen molar-refractivity contribution in [2.24, 2.45) is 5.73 Å². The maximum absolute atomic E-state index is 10.8. The van der Waals surface area contributed by atoms with Crippen LogP contribution in [-0.4, -0.2) is 16.2 Å². The van der Waals surface area contributed by atoms with Crippen LogP contribution in [0.4, 0.5) is 0 Å². The second-order valence-corrected chi connectivity index (χ2v) is 3.37. The molecule has 0 aliphatic heterocycles. The van der Waals surface area contributed by atoms with Crippen molar-refractivity contribution in [2.45, 2.75) is 19.1 Å². The SMILES string of the molecule is CC(N)(C(=O)O)c1cccc(CO)c1. The Hall–Kier alpha value is -1.39. The fourth-order valence-corrected chi connectivity index (χ4v) is 1.12. The number of nitrogens with two attached hydrogens (primary N) is 1. The minimum atomic E-state index is -1.41. The summed E-state index contributed by atoms with van der Waals surface area (Å²) in [6.07, 6.45) is 0. The van der Waals surface area contributed by atoms with E-state index >= 15 is 0 Å². The van der Waals surface area contributed by atoms with Crippen LogP contribution >= 0.6 is 0 Å². The molecular formula is C10H13NO3. The number of aliphatic hydroxyl groups is 1. The summed E-state index contributed by atoms with van der Waals surface area (Å²) in [4.78, 5) is 10.8. The largest absolute Gasteiger partial charge is 0.480 e. The number of carbonyl (C=O) groups is 1. The Labute approximate surface area is 82.0 Å². The third-order valence-corrected chi connectivity index (χ3v) is 2.15. The van der Waals surface area contributed by atoms with Crippen LogP contribution in [0.15, 0.2) is 24.3 Å². The monoisotopic (exact) mass is 195 g/mol. The summed E-state index contributed by atoms with van der Waals surface area (Å²) in [7, 11) is 0. The third-order valence-electron chi connectivity index (χ3n) is 2.15. The third kappa shape index (κ3) is 1.92. The van der Waals surface area contributed by atoms with Crippen molar-refractivity contribution in [3.05, 3.63) is 35.4 Å². The standard InChI is InChI=1S/C10H13NO3/c1-10(11,9(13)14)8-4-2-3-7(5-8)6-12/h2-5,12H,6,11H2,1H3,(H,13,14). The summed E-state index contributed by atoms with van der Waals surface area (Å²) in [5.74, 6) is -1.09. The Morgan fingerprint density at radius 1 is 1.57 bits per heavy atom. The molecule has 0 bridgehead atoms. The highest BCUT2D eigenvalue weighted by molar-refractivity contribution is 5.79. The van der Waals surface area contributed by atoms with Crippen LogP contribution < -0.4 is 5.73 Å². The Bertz CT molecular complexity index is 347. The van der Waals surface area contributed by atoms with Crippen molar-refractivity contribution in [3.8, 4) is 0 Å². The first-order chi connectivity index (χ1) is 6.48. The first kappa shape index (κ1) is 10.7. The van der Waals surface area contributed by atoms with Crippen molar-refractivity contribution in [3.63, 3.8) is 0 Å². The lowest BCUT2D eigenvalue weighted by atomic mass is 9.92. The number of carboxylic acids is 1. The van der Waals surface area contributed by atoms with Gasteiger partial charge in [0.1, 0.15) is 5.54 Å². The Morgan fingerprint density at radius 2 is 2.21 bits per heavy atom. The van der Waals surface area contributed by atoms with Gasteiger partial charge >= 0.3 is 5.97 Å². The summed E-state index contributed by atoms with van der Waals surface area (Å²) in [6, 6.07) is 6.61. The first-order valence-electron chi connectivity index (χ1n) is 4.21. The molecule has 14 heavy (non-hydrogen) atoms. The molecule has 0 spiro atoms. The molecule has 4 N–H and O–H groups in total. The maximum Gasteiger partial charge on any atom is 0.328 e. The number of hydrogen-bond acceptors (Lipinski definition) is 3. The molecule has 0 saturated heterocycles. The zero-order valence-corrected chi connectivity index (χ0v) is 7.90. The number of rotatable bonds is 3. The lowest BCUT2D eigenvalue weighted by Gasteiger charge is -2.20. The van der Waals surface area contributed by atoms with Crippen LogP contribution in [0.25, 0.3) is 0 Å². The topological polar surface area (TPSA) is 83.6 Å². The molecule has 0 saturated carbocycles. The van der Waals surface area contributed by atoms with Gasteiger partial charge in [0.2, 0.25) is 0 Å². The molecule has 0 heterocycles. The molecule has 0 fully saturated rings. The fraction of sp³-hybridized carbons (Fsp3) is 0.300. The van der Waals surface area contributed by atoms with E-state index in [1.165, 1.54) is 6.92 Å². The summed E-state index contributed by atoms with van der Waals surface area (Å²) >= 11 is 0. The van der Waals surface area contributed by atoms with Crippen LogP contribution in [-0.2, 0) is 16.9 Å². The molecular weight excluding hydrogens is 182 g/mol. The van der Waals surface area contributed by atoms with Gasteiger partial charge in [-0.3, -0.25) is 0 Å². The first-order valence-corrected chi connectivity index (χ1v) is 4.21. The van der Waals surface area contributed by atoms with Crippen molar-refractivity contribution in [2.75, 3.05) is 0 Å². The van der Waals surface area contributed by atoms with Gasteiger partial charge in [0.05, 0.1) is 6.61 Å². The Morgan fingerprint density at radius 3 is 2.71 bits per heavy atom. The average molecular weight is 195 g/mol. The molecule has 1 aromatic carbocycles. The normalized spacial score (nSPS) is 14.8. The predicted molar refractivity (Wildman–Crippen MR) is 51.5 cm³/mol. The van der Waals surface area contributed by atoms with E-state index in [2.05, 4.69) is 0 Å². The van der Waals surface area contributed by atoms with Crippen molar-refractivity contribution in [1.82, 2.24) is 0 Å². The highest BCUT2D eigenvalue weighted by Crippen LogP contribution is 2.19. The molecule has 1 aromatic rings. The summed E-state index contributed by atoms with van der Waals surface area (Å²) in [6.45, 7) is 1.30. The van der Waals surface area contributed by atoms with Crippen molar-refractivity contribution >= 4 is 5.97 Å². The summed E-state index contributed by atoms with van der Waals surface area (Å²) in [5.41, 5.74) is 5.35. The molecule has 0 aliphatic rings. The molecule has 0 aromatic heterocycles. The van der Waals surface area contributed by atoms with Gasteiger partial charge in [0.15, 0.2) is 0 Å². The predicted octanol–water partition coefficient (Wildman–Crippen LogP) is 0.437. The van der Waals surface area contributed by atoms with Gasteiger partial charge in [0.25, 0.3) is 0 Å². The van der Waals surface area contributed by atoms with Gasteiger partial charge in [-0.25, -0.2) is 4.79 Å². The Balaban J connectivity index is 3.12. The Kier molecular flexibility index (Phi) is 2.88. The zero-order chi connectivity index (χ0) is 10.8. The van der Waals surface area contributed by atoms with Crippen LogP contribution in [0.2, 0.25) is 0 Å². The molecule has 1 atom stereocenters. The van der Waals surface area contributed by atoms with E-state index < -0.39 is 11.5 Å². The molecule has 1 unspecified atom stereocenters. The molecule has 0 amide bonds. The average Bonchev–Trinajstić information content (AvgIpc) is 2.17. The van der Waals surface area contributed by atoms with Gasteiger partial charge in [-0.15, -0.1) is 0 Å². The molecule has 4 nitrogen and oxygen atoms in total. The van der Waals surface area contributed by atoms with Crippen LogP contribution in [0.1, 0.15) is 18.1 Å². The molecule has 76 valence electrons. The van der Waals surface area contributed by atoms with Crippen LogP contribution in [0, 0.1) is 0 Å². The van der Waals surface area contributed by atoms with Gasteiger partial charge in [-0.05, 0) is 18.1 Å². The van der Waals surface area contributed by atoms with Gasteiger partial charge in [-0.2, -0.15) is 0 Å². The lowest BCUT2D eigenvalue weighted by Crippen LogP contribution is -2.41. The minimum Gasteiger partial charge on any atom is -0.480 e. The lowest BCUT2D eigenvalue weighted by molar-refractivity contribution is -0.143. The number of aliphatic hydroxyl groups excluding tert-OH is 1. The summed E-state index contributed by atoms with van der Waals surface area (Å²) < 4.78 is 0. The van der Waals surface area contributed by atoms with E-state index in [4.69, 9.17) is 15.9 Å². The highest BCUT2D eigenvalue weighted by atomic mass is 16.4. The van der Waals surface area contributed by atoms with Gasteiger partial charge < -0.3 is 15.9 Å². The minimum absolute atomic E-state index is 0.121. The number of aliphatic carboxylic acids is 1. The van der Waals surface area contributed by atoms with Crippen molar-refractivity contribution in [1.29, 1.82) is 0 Å². The zero-order valence-electron chi connectivity index (χ0n) is 7.90. The molecule has 4 heteroatoms. The van der Waals surface area contributed by atoms with E-state index in [0.29, 0.717) is 11.1 Å². The van der Waals surface area contributed by atoms with Crippen LogP contribution in [0.3, 0.4) is 0 Å². The molecule has 1 rings (SSSR count). The quantitative estimate of drug-likeness (QED) is 0.653.